The lowest BCUT2D eigenvalue weighted by Gasteiger charge is -2.16. The predicted molar refractivity (Wildman–Crippen MR) is 152 cm³/mol. The first kappa shape index (κ1) is 22.8. The summed E-state index contributed by atoms with van der Waals surface area (Å²) in [5, 5.41) is 6.57. The minimum Gasteiger partial charge on any atom is -0.311 e. The lowest BCUT2D eigenvalue weighted by atomic mass is 9.92. The van der Waals surface area contributed by atoms with Crippen LogP contribution in [0, 0.1) is 26.3 Å². The van der Waals surface area contributed by atoms with Crippen LogP contribution in [0.25, 0.3) is 53.8 Å². The minimum absolute atomic E-state index is 0.428. The van der Waals surface area contributed by atoms with Crippen LogP contribution in [0.5, 0.6) is 0 Å². The Kier molecular flexibility index (Phi) is 4.86. The van der Waals surface area contributed by atoms with E-state index < -0.39 is 5.54 Å². The van der Waals surface area contributed by atoms with Crippen molar-refractivity contribution in [1.29, 1.82) is 0 Å². The third kappa shape index (κ3) is 3.21. The normalized spacial score (nSPS) is 12.8. The number of aryl methyl sites for hydroxylation is 3. The second kappa shape index (κ2) is 7.68. The molecule has 6 aromatic rings. The highest BCUT2D eigenvalue weighted by Crippen LogP contribution is 2.42. The summed E-state index contributed by atoms with van der Waals surface area (Å²) < 4.78 is 4.80. The van der Waals surface area contributed by atoms with Crippen LogP contribution < -0.4 is 4.57 Å². The number of aromatic nitrogens is 2. The smallest absolute Gasteiger partial charge is 0.231 e. The molecule has 0 unspecified atom stereocenters. The van der Waals surface area contributed by atoms with Crippen molar-refractivity contribution in [2.45, 2.75) is 59.9 Å². The van der Waals surface area contributed by atoms with E-state index >= 15 is 0 Å². The van der Waals surface area contributed by atoms with E-state index in [2.05, 4.69) is 97.2 Å². The Morgan fingerprint density at radius 2 is 1.72 bits per heavy atom. The Bertz CT molecular complexity index is 1880. The molecule has 3 aromatic carbocycles. The fraction of sp³-hybridized carbons (Fsp3) is 0.333. The number of benzene rings is 3. The van der Waals surface area contributed by atoms with Crippen LogP contribution in [0.3, 0.4) is 0 Å². The molecule has 36 heavy (non-hydrogen) atoms. The summed E-state index contributed by atoms with van der Waals surface area (Å²) in [5.74, 6) is 0.622. The molecule has 0 aliphatic heterocycles. The standard InChI is InChI=1S/C33H34N3/c1-19(2)13-22-9-10-27-25(16-22)26-14-20(3)21(4)29-31(26)36(27)28-17-23(18-33(5,6)34-7)15-24-11-12-35(8)32(29)30(24)28/h9-12,14-17,19H,13,18H2,1-6,8H3/q+1. The maximum Gasteiger partial charge on any atom is 0.231 e. The van der Waals surface area contributed by atoms with Crippen molar-refractivity contribution in [2.24, 2.45) is 13.0 Å². The van der Waals surface area contributed by atoms with Crippen molar-refractivity contribution in [1.82, 2.24) is 4.40 Å². The van der Waals surface area contributed by atoms with Crippen LogP contribution in [0.1, 0.15) is 49.9 Å². The van der Waals surface area contributed by atoms with Crippen molar-refractivity contribution >= 4 is 49.0 Å². The zero-order valence-corrected chi connectivity index (χ0v) is 22.5. The number of hydrogen-bond donors (Lipinski definition) is 0. The molecule has 0 saturated heterocycles. The molecular formula is C33H34N3+. The van der Waals surface area contributed by atoms with Crippen molar-refractivity contribution in [3.63, 3.8) is 0 Å². The molecule has 0 aliphatic carbocycles. The summed E-state index contributed by atoms with van der Waals surface area (Å²) in [7, 11) is 2.17. The maximum atomic E-state index is 7.69. The fourth-order valence-electron chi connectivity index (χ4n) is 6.25. The van der Waals surface area contributed by atoms with Crippen molar-refractivity contribution in [2.75, 3.05) is 0 Å². The second-order valence-electron chi connectivity index (χ2n) is 11.8. The van der Waals surface area contributed by atoms with Gasteiger partial charge in [0, 0.05) is 30.7 Å². The number of hydrogen-bond acceptors (Lipinski definition) is 0. The first-order chi connectivity index (χ1) is 17.1. The van der Waals surface area contributed by atoms with E-state index in [1.54, 1.807) is 0 Å². The molecule has 0 amide bonds. The molecule has 0 fully saturated rings. The van der Waals surface area contributed by atoms with Crippen LogP contribution in [-0.2, 0) is 19.9 Å². The third-order valence-electron chi connectivity index (χ3n) is 7.97. The van der Waals surface area contributed by atoms with E-state index in [1.165, 1.54) is 71.3 Å². The monoisotopic (exact) mass is 472 g/mol. The van der Waals surface area contributed by atoms with Gasteiger partial charge in [0.15, 0.2) is 6.20 Å². The van der Waals surface area contributed by atoms with Crippen molar-refractivity contribution in [3.05, 3.63) is 82.3 Å². The van der Waals surface area contributed by atoms with E-state index in [4.69, 9.17) is 6.57 Å². The van der Waals surface area contributed by atoms with Gasteiger partial charge in [-0.3, -0.25) is 0 Å². The molecule has 0 radical (unpaired) electrons. The van der Waals surface area contributed by atoms with Crippen LogP contribution >= 0.6 is 0 Å². The average Bonchev–Trinajstić information content (AvgIpc) is 3.13. The summed E-state index contributed by atoms with van der Waals surface area (Å²) in [6, 6.07) is 16.3. The van der Waals surface area contributed by atoms with Crippen molar-refractivity contribution in [3.8, 4) is 0 Å². The number of nitrogens with zero attached hydrogens (tertiary/aromatic N) is 3. The Labute approximate surface area is 213 Å². The van der Waals surface area contributed by atoms with E-state index in [-0.39, 0.29) is 0 Å². The van der Waals surface area contributed by atoms with E-state index in [1.807, 2.05) is 13.8 Å². The minimum atomic E-state index is -0.428. The number of rotatable bonds is 4. The first-order valence-corrected chi connectivity index (χ1v) is 13.0. The number of pyridine rings is 2. The molecule has 0 spiro atoms. The molecule has 0 saturated carbocycles. The molecular weight excluding hydrogens is 438 g/mol. The summed E-state index contributed by atoms with van der Waals surface area (Å²) in [6.07, 6.45) is 4.01. The Morgan fingerprint density at radius 1 is 0.944 bits per heavy atom. The highest BCUT2D eigenvalue weighted by molar-refractivity contribution is 6.26. The van der Waals surface area contributed by atoms with Crippen LogP contribution in [0.2, 0.25) is 0 Å². The molecule has 180 valence electrons. The summed E-state index contributed by atoms with van der Waals surface area (Å²) in [5.41, 5.74) is 9.99. The average molecular weight is 473 g/mol. The zero-order chi connectivity index (χ0) is 25.5. The molecule has 3 heterocycles. The lowest BCUT2D eigenvalue weighted by molar-refractivity contribution is -0.643. The maximum absolute atomic E-state index is 7.69. The van der Waals surface area contributed by atoms with Gasteiger partial charge in [-0.25, -0.2) is 11.1 Å². The summed E-state index contributed by atoms with van der Waals surface area (Å²) in [4.78, 5) is 3.91. The van der Waals surface area contributed by atoms with Gasteiger partial charge in [0.25, 0.3) is 0 Å². The highest BCUT2D eigenvalue weighted by Gasteiger charge is 2.28. The van der Waals surface area contributed by atoms with Gasteiger partial charge in [-0.2, -0.15) is 0 Å². The van der Waals surface area contributed by atoms with Gasteiger partial charge >= 0.3 is 0 Å². The molecule has 0 atom stereocenters. The number of fused-ring (bicyclic) bond motifs is 5. The van der Waals surface area contributed by atoms with Crippen LogP contribution in [0.4, 0.5) is 0 Å². The van der Waals surface area contributed by atoms with Gasteiger partial charge in [-0.15, -0.1) is 0 Å². The van der Waals surface area contributed by atoms with Gasteiger partial charge in [-0.1, -0.05) is 26.0 Å². The molecule has 0 N–H and O–H groups in total. The predicted octanol–water partition coefficient (Wildman–Crippen LogP) is 7.87. The highest BCUT2D eigenvalue weighted by atomic mass is 15.0. The molecule has 3 aromatic heterocycles. The Morgan fingerprint density at radius 3 is 2.44 bits per heavy atom. The van der Waals surface area contributed by atoms with Crippen molar-refractivity contribution < 1.29 is 4.57 Å². The summed E-state index contributed by atoms with van der Waals surface area (Å²) >= 11 is 0. The Balaban J connectivity index is 1.88. The second-order valence-corrected chi connectivity index (χ2v) is 11.8. The SMILES string of the molecule is [C-]#[N+]C(C)(C)Cc1cc2cc[n+](C)c3c4c(C)c(C)cc5c6cc(CC(C)C)ccc6n(c(c1)c23)c54. The van der Waals surface area contributed by atoms with E-state index in [9.17, 15) is 0 Å². The topological polar surface area (TPSA) is 12.7 Å². The van der Waals surface area contributed by atoms with Crippen LogP contribution in [0.15, 0.2) is 48.7 Å². The van der Waals surface area contributed by atoms with Gasteiger partial charge in [0.1, 0.15) is 7.05 Å². The van der Waals surface area contributed by atoms with E-state index in [0.29, 0.717) is 5.92 Å². The van der Waals surface area contributed by atoms with Gasteiger partial charge < -0.3 is 9.25 Å². The fourth-order valence-corrected chi connectivity index (χ4v) is 6.25. The van der Waals surface area contributed by atoms with E-state index in [0.717, 1.165) is 12.8 Å². The van der Waals surface area contributed by atoms with Gasteiger partial charge in [0.2, 0.25) is 11.1 Å². The first-order valence-electron chi connectivity index (χ1n) is 13.0. The Hall–Kier alpha value is -3.64. The molecule has 3 nitrogen and oxygen atoms in total. The molecule has 3 heteroatoms. The lowest BCUT2D eigenvalue weighted by Crippen LogP contribution is -2.29. The van der Waals surface area contributed by atoms with Gasteiger partial charge in [-0.05, 0) is 78.1 Å². The molecule has 0 aliphatic rings. The third-order valence-corrected chi connectivity index (χ3v) is 7.97. The van der Waals surface area contributed by atoms with Gasteiger partial charge in [0.05, 0.1) is 33.7 Å². The molecule has 6 rings (SSSR count). The molecule has 0 bridgehead atoms. The zero-order valence-electron chi connectivity index (χ0n) is 22.5. The summed E-state index contributed by atoms with van der Waals surface area (Å²) in [6.45, 7) is 20.9. The largest absolute Gasteiger partial charge is 0.311 e. The van der Waals surface area contributed by atoms with Crippen LogP contribution in [-0.4, -0.2) is 9.94 Å². The quantitative estimate of drug-likeness (QED) is 0.107.